The van der Waals surface area contributed by atoms with Crippen molar-refractivity contribution in [2.24, 2.45) is 11.3 Å². The van der Waals surface area contributed by atoms with Crippen molar-refractivity contribution in [3.05, 3.63) is 0 Å². The van der Waals surface area contributed by atoms with Crippen LogP contribution in [-0.4, -0.2) is 36.1 Å². The lowest BCUT2D eigenvalue weighted by Gasteiger charge is -2.33. The zero-order valence-electron chi connectivity index (χ0n) is 13.8. The molecule has 0 spiro atoms. The Hall–Kier alpha value is -0.0800. The standard InChI is InChI=1S/C18H34N2/c1-18(2,3)14-5-4-6-17(10-7-14)20-12-11-15-8-9-16(13-20)19-15/h14-17,19H,4-13H2,1-3H3. The monoisotopic (exact) mass is 278 g/mol. The van der Waals surface area contributed by atoms with Crippen LogP contribution in [0.2, 0.25) is 0 Å². The first-order valence-corrected chi connectivity index (χ1v) is 9.02. The molecule has 2 heterocycles. The van der Waals surface area contributed by atoms with E-state index >= 15 is 0 Å². The molecule has 116 valence electrons. The van der Waals surface area contributed by atoms with Gasteiger partial charge in [-0.2, -0.15) is 0 Å². The minimum absolute atomic E-state index is 0.508. The molecule has 0 aromatic heterocycles. The second-order valence-corrected chi connectivity index (χ2v) is 8.65. The molecule has 4 atom stereocenters. The van der Waals surface area contributed by atoms with Crippen LogP contribution in [0.25, 0.3) is 0 Å². The molecule has 4 unspecified atom stereocenters. The van der Waals surface area contributed by atoms with Gasteiger partial charge in [-0.15, -0.1) is 0 Å². The lowest BCUT2D eigenvalue weighted by molar-refractivity contribution is 0.162. The zero-order chi connectivity index (χ0) is 14.2. The molecule has 0 aromatic carbocycles. The summed E-state index contributed by atoms with van der Waals surface area (Å²) in [7, 11) is 0. The van der Waals surface area contributed by atoms with Gasteiger partial charge in [0, 0.05) is 24.7 Å². The van der Waals surface area contributed by atoms with E-state index in [1.165, 1.54) is 64.5 Å². The number of hydrogen-bond acceptors (Lipinski definition) is 2. The highest BCUT2D eigenvalue weighted by molar-refractivity contribution is 4.92. The Morgan fingerprint density at radius 1 is 0.850 bits per heavy atom. The van der Waals surface area contributed by atoms with Crippen molar-refractivity contribution >= 4 is 0 Å². The Kier molecular flexibility index (Phi) is 4.42. The van der Waals surface area contributed by atoms with E-state index in [-0.39, 0.29) is 0 Å². The van der Waals surface area contributed by atoms with Crippen LogP contribution in [0.4, 0.5) is 0 Å². The van der Waals surface area contributed by atoms with E-state index in [4.69, 9.17) is 0 Å². The first kappa shape index (κ1) is 14.8. The van der Waals surface area contributed by atoms with Crippen LogP contribution >= 0.6 is 0 Å². The highest BCUT2D eigenvalue weighted by Crippen LogP contribution is 2.38. The van der Waals surface area contributed by atoms with E-state index in [0.29, 0.717) is 5.41 Å². The van der Waals surface area contributed by atoms with Gasteiger partial charge in [0.15, 0.2) is 0 Å². The molecular weight excluding hydrogens is 244 g/mol. The molecule has 2 saturated heterocycles. The van der Waals surface area contributed by atoms with Crippen LogP contribution in [-0.2, 0) is 0 Å². The van der Waals surface area contributed by atoms with Gasteiger partial charge >= 0.3 is 0 Å². The van der Waals surface area contributed by atoms with Gasteiger partial charge in [-0.3, -0.25) is 4.90 Å². The van der Waals surface area contributed by atoms with Crippen LogP contribution in [0, 0.1) is 11.3 Å². The SMILES string of the molecule is CC(C)(C)C1CCCC(N2CCC3CCC(C2)N3)CC1. The van der Waals surface area contributed by atoms with E-state index in [1.54, 1.807) is 0 Å². The smallest absolute Gasteiger partial charge is 0.0198 e. The molecule has 1 N–H and O–H groups in total. The topological polar surface area (TPSA) is 15.3 Å². The summed E-state index contributed by atoms with van der Waals surface area (Å²) < 4.78 is 0. The van der Waals surface area contributed by atoms with Crippen molar-refractivity contribution < 1.29 is 0 Å². The molecule has 2 aliphatic heterocycles. The van der Waals surface area contributed by atoms with E-state index < -0.39 is 0 Å². The number of hydrogen-bond donors (Lipinski definition) is 1. The quantitative estimate of drug-likeness (QED) is 0.734. The second-order valence-electron chi connectivity index (χ2n) is 8.65. The lowest BCUT2D eigenvalue weighted by Crippen LogP contribution is -2.41. The van der Waals surface area contributed by atoms with Gasteiger partial charge in [-0.25, -0.2) is 0 Å². The predicted octanol–water partition coefficient (Wildman–Crippen LogP) is 3.81. The third-order valence-corrected chi connectivity index (χ3v) is 6.23. The summed E-state index contributed by atoms with van der Waals surface area (Å²) in [4.78, 5) is 2.85. The van der Waals surface area contributed by atoms with E-state index in [9.17, 15) is 0 Å². The van der Waals surface area contributed by atoms with Crippen molar-refractivity contribution in [1.29, 1.82) is 0 Å². The molecular formula is C18H34N2. The fraction of sp³-hybridized carbons (Fsp3) is 1.00. The fourth-order valence-corrected chi connectivity index (χ4v) is 4.81. The first-order valence-electron chi connectivity index (χ1n) is 9.02. The van der Waals surface area contributed by atoms with Crippen LogP contribution in [0.1, 0.15) is 72.1 Å². The van der Waals surface area contributed by atoms with Gasteiger partial charge in [0.2, 0.25) is 0 Å². The van der Waals surface area contributed by atoms with Crippen molar-refractivity contribution in [2.75, 3.05) is 13.1 Å². The Bertz CT molecular complexity index is 320. The summed E-state index contributed by atoms with van der Waals surface area (Å²) in [6, 6.07) is 2.51. The molecule has 20 heavy (non-hydrogen) atoms. The summed E-state index contributed by atoms with van der Waals surface area (Å²) in [6.45, 7) is 9.98. The molecule has 2 bridgehead atoms. The van der Waals surface area contributed by atoms with Crippen molar-refractivity contribution in [2.45, 2.75) is 90.3 Å². The molecule has 0 radical (unpaired) electrons. The predicted molar refractivity (Wildman–Crippen MR) is 86.0 cm³/mol. The van der Waals surface area contributed by atoms with Crippen LogP contribution < -0.4 is 5.32 Å². The molecule has 3 rings (SSSR count). The second kappa shape index (κ2) is 5.96. The van der Waals surface area contributed by atoms with E-state index in [2.05, 4.69) is 31.0 Å². The molecule has 2 heteroatoms. The molecule has 1 aliphatic carbocycles. The molecule has 2 nitrogen and oxygen atoms in total. The van der Waals surface area contributed by atoms with E-state index in [0.717, 1.165) is 24.0 Å². The Morgan fingerprint density at radius 2 is 1.65 bits per heavy atom. The summed E-state index contributed by atoms with van der Waals surface area (Å²) in [6.07, 6.45) is 11.5. The highest BCUT2D eigenvalue weighted by Gasteiger charge is 2.34. The van der Waals surface area contributed by atoms with Gasteiger partial charge < -0.3 is 5.32 Å². The Balaban J connectivity index is 1.57. The first-order chi connectivity index (χ1) is 9.52. The van der Waals surface area contributed by atoms with E-state index in [1.807, 2.05) is 0 Å². The number of rotatable bonds is 1. The minimum Gasteiger partial charge on any atom is -0.310 e. The third kappa shape index (κ3) is 3.39. The van der Waals surface area contributed by atoms with Crippen molar-refractivity contribution in [3.8, 4) is 0 Å². The molecule has 3 fully saturated rings. The highest BCUT2D eigenvalue weighted by atomic mass is 15.2. The summed E-state index contributed by atoms with van der Waals surface area (Å²) in [5.74, 6) is 0.939. The maximum atomic E-state index is 3.83. The van der Waals surface area contributed by atoms with Crippen molar-refractivity contribution in [1.82, 2.24) is 10.2 Å². The van der Waals surface area contributed by atoms with Gasteiger partial charge in [-0.05, 0) is 62.8 Å². The van der Waals surface area contributed by atoms with Gasteiger partial charge in [0.25, 0.3) is 0 Å². The summed E-state index contributed by atoms with van der Waals surface area (Å²) >= 11 is 0. The maximum Gasteiger partial charge on any atom is 0.0198 e. The normalized spacial score (nSPS) is 40.4. The van der Waals surface area contributed by atoms with Gasteiger partial charge in [0.05, 0.1) is 0 Å². The maximum absolute atomic E-state index is 3.83. The van der Waals surface area contributed by atoms with Crippen LogP contribution in [0.3, 0.4) is 0 Å². The summed E-state index contributed by atoms with van der Waals surface area (Å²) in [5.41, 5.74) is 0.508. The largest absolute Gasteiger partial charge is 0.310 e. The molecule has 1 saturated carbocycles. The van der Waals surface area contributed by atoms with Gasteiger partial charge in [0.1, 0.15) is 0 Å². The molecule has 0 aromatic rings. The lowest BCUT2D eigenvalue weighted by atomic mass is 9.76. The number of nitrogens with one attached hydrogen (secondary N) is 1. The van der Waals surface area contributed by atoms with Crippen molar-refractivity contribution in [3.63, 3.8) is 0 Å². The van der Waals surface area contributed by atoms with Gasteiger partial charge in [-0.1, -0.05) is 27.2 Å². The third-order valence-electron chi connectivity index (χ3n) is 6.23. The Morgan fingerprint density at radius 3 is 2.45 bits per heavy atom. The number of likely N-dealkylation sites (tertiary alicyclic amines) is 1. The average molecular weight is 278 g/mol. The minimum atomic E-state index is 0.508. The van der Waals surface area contributed by atoms with Crippen LogP contribution in [0.15, 0.2) is 0 Å². The molecule has 0 amide bonds. The molecule has 3 aliphatic rings. The van der Waals surface area contributed by atoms with Crippen LogP contribution in [0.5, 0.6) is 0 Å². The average Bonchev–Trinajstić information content (AvgIpc) is 2.59. The number of fused-ring (bicyclic) bond motifs is 2. The zero-order valence-corrected chi connectivity index (χ0v) is 13.8. The summed E-state index contributed by atoms with van der Waals surface area (Å²) in [5, 5.41) is 3.83. The Labute approximate surface area is 125 Å². The fourth-order valence-electron chi connectivity index (χ4n) is 4.81. The number of nitrogens with zero attached hydrogens (tertiary/aromatic N) is 1.